The first-order valence-corrected chi connectivity index (χ1v) is 9.89. The van der Waals surface area contributed by atoms with Crippen molar-refractivity contribution in [1.82, 2.24) is 20.5 Å². The predicted molar refractivity (Wildman–Crippen MR) is 119 cm³/mol. The van der Waals surface area contributed by atoms with Gasteiger partial charge in [-0.05, 0) is 53.5 Å². The molecule has 2 aromatic heterocycles. The number of nitrogens with one attached hydrogen (secondary N) is 2. The Kier molecular flexibility index (Phi) is 4.76. The van der Waals surface area contributed by atoms with Crippen molar-refractivity contribution < 1.29 is 0 Å². The summed E-state index contributed by atoms with van der Waals surface area (Å²) in [6.45, 7) is 0.931. The molecule has 2 N–H and O–H groups in total. The van der Waals surface area contributed by atoms with Gasteiger partial charge in [0.2, 0.25) is 0 Å². The summed E-state index contributed by atoms with van der Waals surface area (Å²) in [6, 6.07) is 21.5. The molecule has 1 unspecified atom stereocenters. The highest BCUT2D eigenvalue weighted by Crippen LogP contribution is 2.28. The molecule has 1 atom stereocenters. The van der Waals surface area contributed by atoms with Gasteiger partial charge < -0.3 is 5.32 Å². The van der Waals surface area contributed by atoms with E-state index in [1.807, 2.05) is 18.2 Å². The fourth-order valence-electron chi connectivity index (χ4n) is 3.85. The third-order valence-corrected chi connectivity index (χ3v) is 5.37. The van der Waals surface area contributed by atoms with Gasteiger partial charge in [-0.2, -0.15) is 5.10 Å². The molecule has 142 valence electrons. The Hall–Kier alpha value is -3.50. The minimum Gasteiger partial charge on any atom is -0.306 e. The molecule has 0 spiro atoms. The second-order valence-electron chi connectivity index (χ2n) is 7.38. The molecule has 1 fully saturated rings. The number of aromatic nitrogens is 3. The van der Waals surface area contributed by atoms with Crippen molar-refractivity contribution in [2.75, 3.05) is 6.54 Å². The second-order valence-corrected chi connectivity index (χ2v) is 7.38. The molecule has 2 aromatic carbocycles. The molecule has 5 rings (SSSR count). The summed E-state index contributed by atoms with van der Waals surface area (Å²) >= 11 is 0. The maximum atomic E-state index is 4.47. The Morgan fingerprint density at radius 3 is 2.62 bits per heavy atom. The fourth-order valence-corrected chi connectivity index (χ4v) is 3.85. The maximum absolute atomic E-state index is 4.47. The van der Waals surface area contributed by atoms with Gasteiger partial charge in [-0.3, -0.25) is 10.1 Å². The largest absolute Gasteiger partial charge is 0.306 e. The predicted octanol–water partition coefficient (Wildman–Crippen LogP) is 5.25. The van der Waals surface area contributed by atoms with E-state index in [1.165, 1.54) is 16.7 Å². The van der Waals surface area contributed by atoms with Crippen LogP contribution in [0.25, 0.3) is 29.1 Å². The van der Waals surface area contributed by atoms with Crippen molar-refractivity contribution in [3.05, 3.63) is 101 Å². The van der Waals surface area contributed by atoms with Crippen LogP contribution in [0.5, 0.6) is 0 Å². The normalized spacial score (nSPS) is 18.2. The highest BCUT2D eigenvalue weighted by atomic mass is 15.1. The number of H-pyrrole nitrogens is 1. The molecular formula is C25H22N4. The summed E-state index contributed by atoms with van der Waals surface area (Å²) in [5, 5.41) is 12.4. The first kappa shape index (κ1) is 17.6. The number of pyridine rings is 1. The van der Waals surface area contributed by atoms with Crippen LogP contribution in [-0.4, -0.2) is 21.7 Å². The Balaban J connectivity index is 1.35. The van der Waals surface area contributed by atoms with Crippen LogP contribution in [0.1, 0.15) is 34.8 Å². The Bertz CT molecular complexity index is 1170. The van der Waals surface area contributed by atoms with Crippen LogP contribution < -0.4 is 5.32 Å². The summed E-state index contributed by atoms with van der Waals surface area (Å²) in [4.78, 5) is 4.05. The van der Waals surface area contributed by atoms with Crippen molar-refractivity contribution in [3.8, 4) is 0 Å². The lowest BCUT2D eigenvalue weighted by atomic mass is 10.0. The number of hydrogen-bond donors (Lipinski definition) is 2. The van der Waals surface area contributed by atoms with E-state index < -0.39 is 0 Å². The van der Waals surface area contributed by atoms with Gasteiger partial charge in [-0.1, -0.05) is 54.1 Å². The Labute approximate surface area is 170 Å². The molecular weight excluding hydrogens is 356 g/mol. The summed E-state index contributed by atoms with van der Waals surface area (Å²) < 4.78 is 0. The number of fused-ring (bicyclic) bond motifs is 1. The average molecular weight is 378 g/mol. The summed E-state index contributed by atoms with van der Waals surface area (Å²) in [5.41, 5.74) is 7.10. The van der Waals surface area contributed by atoms with Crippen molar-refractivity contribution in [2.45, 2.75) is 12.5 Å². The van der Waals surface area contributed by atoms with Crippen LogP contribution in [0, 0.1) is 0 Å². The Morgan fingerprint density at radius 1 is 0.897 bits per heavy atom. The van der Waals surface area contributed by atoms with Crippen molar-refractivity contribution in [1.29, 1.82) is 0 Å². The van der Waals surface area contributed by atoms with E-state index in [1.54, 1.807) is 12.4 Å². The van der Waals surface area contributed by atoms with Crippen LogP contribution in [0.4, 0.5) is 0 Å². The first-order chi connectivity index (χ1) is 14.3. The third kappa shape index (κ3) is 3.89. The maximum Gasteiger partial charge on any atom is 0.0927 e. The van der Waals surface area contributed by atoms with E-state index >= 15 is 0 Å². The van der Waals surface area contributed by atoms with Gasteiger partial charge in [-0.15, -0.1) is 0 Å². The summed E-state index contributed by atoms with van der Waals surface area (Å²) in [7, 11) is 0. The lowest BCUT2D eigenvalue weighted by Gasteiger charge is -2.08. The third-order valence-electron chi connectivity index (χ3n) is 5.37. The minimum atomic E-state index is 0.406. The Morgan fingerprint density at radius 2 is 1.76 bits per heavy atom. The molecule has 0 amide bonds. The van der Waals surface area contributed by atoms with E-state index in [0.717, 1.165) is 35.1 Å². The molecule has 3 heterocycles. The SMILES string of the molecule is C(=C\c1n[nH]c2cc(/C=C3/CNC(c4ccccc4)C3)ccc12)/c1ccncc1. The molecule has 1 saturated heterocycles. The molecule has 1 aliphatic rings. The average Bonchev–Trinajstić information content (AvgIpc) is 3.40. The molecule has 4 nitrogen and oxygen atoms in total. The van der Waals surface area contributed by atoms with Crippen molar-refractivity contribution >= 4 is 29.1 Å². The van der Waals surface area contributed by atoms with Gasteiger partial charge in [0.05, 0.1) is 11.2 Å². The first-order valence-electron chi connectivity index (χ1n) is 9.89. The van der Waals surface area contributed by atoms with Crippen molar-refractivity contribution in [2.24, 2.45) is 0 Å². The van der Waals surface area contributed by atoms with Crippen LogP contribution in [0.2, 0.25) is 0 Å². The van der Waals surface area contributed by atoms with Crippen LogP contribution in [0.3, 0.4) is 0 Å². The zero-order valence-corrected chi connectivity index (χ0v) is 16.0. The zero-order valence-electron chi connectivity index (χ0n) is 16.0. The molecule has 0 bridgehead atoms. The monoisotopic (exact) mass is 378 g/mol. The molecule has 0 saturated carbocycles. The van der Waals surface area contributed by atoms with Crippen LogP contribution in [0.15, 0.2) is 78.6 Å². The quantitative estimate of drug-likeness (QED) is 0.510. The van der Waals surface area contributed by atoms with E-state index in [9.17, 15) is 0 Å². The highest BCUT2D eigenvalue weighted by molar-refractivity contribution is 5.90. The molecule has 0 radical (unpaired) electrons. The standard InChI is InChI=1S/C25H22N4/c1-2-4-21(5-3-1)24-16-20(17-27-24)14-19-6-8-22-23(28-29-25(22)15-19)9-7-18-10-12-26-13-11-18/h1-15,24,27H,16-17H2,(H,28,29)/b9-7+,20-14+. The van der Waals surface area contributed by atoms with E-state index in [4.69, 9.17) is 0 Å². The smallest absolute Gasteiger partial charge is 0.0927 e. The van der Waals surface area contributed by atoms with Crippen molar-refractivity contribution in [3.63, 3.8) is 0 Å². The number of nitrogens with zero attached hydrogens (tertiary/aromatic N) is 2. The molecule has 0 aliphatic carbocycles. The topological polar surface area (TPSA) is 53.6 Å². The van der Waals surface area contributed by atoms with Gasteiger partial charge in [-0.25, -0.2) is 0 Å². The van der Waals surface area contributed by atoms with Gasteiger partial charge in [0.15, 0.2) is 0 Å². The van der Waals surface area contributed by atoms with Gasteiger partial charge >= 0.3 is 0 Å². The summed E-state index contributed by atoms with van der Waals surface area (Å²) in [6.07, 6.45) is 11.0. The fraction of sp³-hybridized carbons (Fsp3) is 0.120. The number of hydrogen-bond acceptors (Lipinski definition) is 3. The minimum absolute atomic E-state index is 0.406. The molecule has 4 aromatic rings. The zero-order chi connectivity index (χ0) is 19.5. The number of aromatic amines is 1. The van der Waals surface area contributed by atoms with Crippen LogP contribution >= 0.6 is 0 Å². The lowest BCUT2D eigenvalue weighted by Crippen LogP contribution is -2.12. The van der Waals surface area contributed by atoms with E-state index in [2.05, 4.69) is 81.2 Å². The molecule has 1 aliphatic heterocycles. The second kappa shape index (κ2) is 7.86. The van der Waals surface area contributed by atoms with Gasteiger partial charge in [0.25, 0.3) is 0 Å². The molecule has 4 heteroatoms. The van der Waals surface area contributed by atoms with E-state index in [0.29, 0.717) is 6.04 Å². The lowest BCUT2D eigenvalue weighted by molar-refractivity contribution is 0.650. The summed E-state index contributed by atoms with van der Waals surface area (Å²) in [5.74, 6) is 0. The van der Waals surface area contributed by atoms with Gasteiger partial charge in [0.1, 0.15) is 0 Å². The number of rotatable bonds is 4. The van der Waals surface area contributed by atoms with E-state index in [-0.39, 0.29) is 0 Å². The van der Waals surface area contributed by atoms with Crippen LogP contribution in [-0.2, 0) is 0 Å². The molecule has 29 heavy (non-hydrogen) atoms. The number of benzene rings is 2. The van der Waals surface area contributed by atoms with Gasteiger partial charge in [0, 0.05) is 30.4 Å². The highest BCUT2D eigenvalue weighted by Gasteiger charge is 2.19.